The van der Waals surface area contributed by atoms with Gasteiger partial charge in [0.1, 0.15) is 0 Å². The zero-order valence-electron chi connectivity index (χ0n) is 15.4. The number of fused-ring (bicyclic) bond motifs is 2. The highest BCUT2D eigenvalue weighted by Crippen LogP contribution is 2.62. The summed E-state index contributed by atoms with van der Waals surface area (Å²) in [5, 5.41) is 0. The van der Waals surface area contributed by atoms with E-state index in [1.54, 1.807) is 14.2 Å². The van der Waals surface area contributed by atoms with Crippen molar-refractivity contribution >= 4 is 5.78 Å². The number of Topliss-reactive ketones (excluding diaryl/α,β-unsaturated/α-hetero) is 1. The molecule has 0 aromatic heterocycles. The Balaban J connectivity index is 1.80. The van der Waals surface area contributed by atoms with Crippen LogP contribution in [-0.4, -0.2) is 50.8 Å². The molecule has 6 nitrogen and oxygen atoms in total. The Morgan fingerprint density at radius 3 is 2.62 bits per heavy atom. The minimum absolute atomic E-state index is 0.0146. The van der Waals surface area contributed by atoms with Crippen LogP contribution in [0.15, 0.2) is 23.7 Å². The van der Waals surface area contributed by atoms with Gasteiger partial charge in [-0.3, -0.25) is 9.69 Å². The van der Waals surface area contributed by atoms with Gasteiger partial charge in [-0.25, -0.2) is 0 Å². The van der Waals surface area contributed by atoms with Crippen LogP contribution in [0, 0.1) is 0 Å². The summed E-state index contributed by atoms with van der Waals surface area (Å²) in [7, 11) is 5.33. The Labute approximate surface area is 152 Å². The topological polar surface area (TPSA) is 57.2 Å². The van der Waals surface area contributed by atoms with Gasteiger partial charge >= 0.3 is 0 Å². The molecule has 2 heterocycles. The van der Waals surface area contributed by atoms with E-state index in [2.05, 4.69) is 24.1 Å². The molecule has 1 saturated heterocycles. The first kappa shape index (κ1) is 16.0. The van der Waals surface area contributed by atoms with Gasteiger partial charge in [0, 0.05) is 11.8 Å². The minimum Gasteiger partial charge on any atom is -0.495 e. The fourth-order valence-corrected chi connectivity index (χ4v) is 5.83. The van der Waals surface area contributed by atoms with Crippen molar-refractivity contribution < 1.29 is 23.7 Å². The van der Waals surface area contributed by atoms with Crippen LogP contribution in [0.3, 0.4) is 0 Å². The second kappa shape index (κ2) is 5.16. The number of likely N-dealkylation sites (tertiary alicyclic amines) is 1. The lowest BCUT2D eigenvalue weighted by atomic mass is 9.54. The molecule has 0 bridgehead atoms. The summed E-state index contributed by atoms with van der Waals surface area (Å²) in [6.45, 7) is 1.16. The average molecular weight is 357 g/mol. The third-order valence-corrected chi connectivity index (χ3v) is 6.89. The van der Waals surface area contributed by atoms with Gasteiger partial charge < -0.3 is 18.9 Å². The number of hydrogen-bond donors (Lipinski definition) is 0. The molecule has 2 aliphatic carbocycles. The number of nitrogens with zero attached hydrogens (tertiary/aromatic N) is 1. The lowest BCUT2D eigenvalue weighted by Crippen LogP contribution is -2.62. The number of carbonyl (C=O) groups excluding carboxylic acids is 1. The van der Waals surface area contributed by atoms with E-state index in [0.717, 1.165) is 37.3 Å². The van der Waals surface area contributed by atoms with Crippen molar-refractivity contribution in [2.75, 3.05) is 34.6 Å². The van der Waals surface area contributed by atoms with Crippen LogP contribution in [-0.2, 0) is 26.1 Å². The van der Waals surface area contributed by atoms with E-state index in [0.29, 0.717) is 17.9 Å². The molecular formula is C20H23NO5. The van der Waals surface area contributed by atoms with E-state index in [-0.39, 0.29) is 23.5 Å². The molecule has 6 heteroatoms. The molecule has 0 spiro atoms. The van der Waals surface area contributed by atoms with Gasteiger partial charge in [-0.15, -0.1) is 0 Å². The molecule has 1 fully saturated rings. The summed E-state index contributed by atoms with van der Waals surface area (Å²) in [4.78, 5) is 15.3. The smallest absolute Gasteiger partial charge is 0.231 e. The molecule has 2 aliphatic heterocycles. The normalized spacial score (nSPS) is 32.2. The fourth-order valence-electron chi connectivity index (χ4n) is 5.83. The standard InChI is InChI=1S/C20H23NO5/c1-21-7-6-19-10-14(22)17(23-2)18(24-3)20(19,21)5-4-12-8-15-16(9-13(12)19)26-11-25-15/h8-9H,4-7,10-11H2,1-3H3/t19-,20-/m1/s1. The lowest BCUT2D eigenvalue weighted by molar-refractivity contribution is -0.124. The Bertz CT molecular complexity index is 847. The predicted octanol–water partition coefficient (Wildman–Crippen LogP) is 2.15. The van der Waals surface area contributed by atoms with Crippen LogP contribution < -0.4 is 9.47 Å². The lowest BCUT2D eigenvalue weighted by Gasteiger charge is -2.55. The Morgan fingerprint density at radius 1 is 1.12 bits per heavy atom. The van der Waals surface area contributed by atoms with Crippen molar-refractivity contribution in [3.8, 4) is 11.5 Å². The Morgan fingerprint density at radius 2 is 1.88 bits per heavy atom. The van der Waals surface area contributed by atoms with Crippen molar-refractivity contribution in [3.63, 3.8) is 0 Å². The Hall–Kier alpha value is -2.21. The zero-order valence-corrected chi connectivity index (χ0v) is 15.4. The van der Waals surface area contributed by atoms with Crippen LogP contribution in [0.4, 0.5) is 0 Å². The molecule has 0 radical (unpaired) electrons. The van der Waals surface area contributed by atoms with Crippen LogP contribution in [0.2, 0.25) is 0 Å². The summed E-state index contributed by atoms with van der Waals surface area (Å²) < 4.78 is 22.6. The molecule has 0 saturated carbocycles. The number of ketones is 1. The zero-order chi connectivity index (χ0) is 18.1. The first-order chi connectivity index (χ1) is 12.6. The number of aryl methyl sites for hydroxylation is 1. The minimum atomic E-state index is -0.359. The summed E-state index contributed by atoms with van der Waals surface area (Å²) in [6.07, 6.45) is 3.13. The number of benzene rings is 1. The largest absolute Gasteiger partial charge is 0.495 e. The number of allylic oxidation sites excluding steroid dienone is 1. The monoisotopic (exact) mass is 357 g/mol. The quantitative estimate of drug-likeness (QED) is 0.808. The van der Waals surface area contributed by atoms with Gasteiger partial charge in [-0.2, -0.15) is 0 Å². The van der Waals surface area contributed by atoms with Crippen LogP contribution >= 0.6 is 0 Å². The van der Waals surface area contributed by atoms with E-state index >= 15 is 0 Å². The van der Waals surface area contributed by atoms with Crippen LogP contribution in [0.5, 0.6) is 11.5 Å². The molecule has 0 N–H and O–H groups in total. The third kappa shape index (κ3) is 1.64. The highest BCUT2D eigenvalue weighted by Gasteiger charge is 2.67. The van der Waals surface area contributed by atoms with Crippen LogP contribution in [0.1, 0.15) is 30.4 Å². The number of ether oxygens (including phenoxy) is 4. The van der Waals surface area contributed by atoms with Gasteiger partial charge in [0.25, 0.3) is 0 Å². The van der Waals surface area contributed by atoms with Gasteiger partial charge in [-0.1, -0.05) is 0 Å². The molecule has 5 rings (SSSR count). The summed E-state index contributed by atoms with van der Waals surface area (Å²) in [6, 6.07) is 4.20. The molecule has 2 atom stereocenters. The maximum absolute atomic E-state index is 13.0. The number of likely N-dealkylation sites (N-methyl/N-ethyl adjacent to an activating group) is 1. The number of rotatable bonds is 2. The molecule has 138 valence electrons. The molecule has 1 aromatic carbocycles. The molecule has 4 aliphatic rings. The van der Waals surface area contributed by atoms with Crippen LogP contribution in [0.25, 0.3) is 0 Å². The number of carbonyl (C=O) groups is 1. The third-order valence-electron chi connectivity index (χ3n) is 6.89. The fraction of sp³-hybridized carbons (Fsp3) is 0.550. The first-order valence-electron chi connectivity index (χ1n) is 9.07. The van der Waals surface area contributed by atoms with Crippen molar-refractivity contribution in [1.82, 2.24) is 4.90 Å². The van der Waals surface area contributed by atoms with E-state index in [9.17, 15) is 4.79 Å². The molecule has 1 aromatic rings. The average Bonchev–Trinajstić information content (AvgIpc) is 3.21. The van der Waals surface area contributed by atoms with Gasteiger partial charge in [0.15, 0.2) is 17.3 Å². The molecule has 0 amide bonds. The second-order valence-corrected chi connectivity index (χ2v) is 7.64. The van der Waals surface area contributed by atoms with Crippen molar-refractivity contribution in [2.24, 2.45) is 0 Å². The van der Waals surface area contributed by atoms with Crippen molar-refractivity contribution in [1.29, 1.82) is 0 Å². The van der Waals surface area contributed by atoms with Crippen molar-refractivity contribution in [2.45, 2.75) is 36.6 Å². The van der Waals surface area contributed by atoms with Gasteiger partial charge in [0.2, 0.25) is 18.3 Å². The summed E-state index contributed by atoms with van der Waals surface area (Å²) in [5.41, 5.74) is 1.78. The Kier molecular flexibility index (Phi) is 3.18. The maximum atomic E-state index is 13.0. The summed E-state index contributed by atoms with van der Waals surface area (Å²) >= 11 is 0. The van der Waals surface area contributed by atoms with Gasteiger partial charge in [-0.05, 0) is 56.1 Å². The maximum Gasteiger partial charge on any atom is 0.231 e. The van der Waals surface area contributed by atoms with E-state index in [1.807, 2.05) is 0 Å². The van der Waals surface area contributed by atoms with E-state index in [4.69, 9.17) is 18.9 Å². The first-order valence-corrected chi connectivity index (χ1v) is 9.07. The molecule has 26 heavy (non-hydrogen) atoms. The highest BCUT2D eigenvalue weighted by atomic mass is 16.7. The SMILES string of the molecule is COC1=C(OC)[C@]23CCc4cc5c(cc4[C@@]2(CCN3C)CC1=O)OCO5. The highest BCUT2D eigenvalue weighted by molar-refractivity contribution is 5.97. The summed E-state index contributed by atoms with van der Waals surface area (Å²) in [5.74, 6) is 2.65. The molecular weight excluding hydrogens is 334 g/mol. The van der Waals surface area contributed by atoms with E-state index < -0.39 is 0 Å². The van der Waals surface area contributed by atoms with Gasteiger partial charge in [0.05, 0.1) is 19.8 Å². The number of methoxy groups -OCH3 is 2. The number of hydrogen-bond acceptors (Lipinski definition) is 6. The molecule has 0 unspecified atom stereocenters. The van der Waals surface area contributed by atoms with Crippen molar-refractivity contribution in [3.05, 3.63) is 34.8 Å². The predicted molar refractivity (Wildman–Crippen MR) is 93.2 cm³/mol. The van der Waals surface area contributed by atoms with E-state index in [1.165, 1.54) is 11.1 Å². The second-order valence-electron chi connectivity index (χ2n) is 7.64.